The molecule has 2 N–H and O–H groups in total. The maximum absolute atomic E-state index is 10.6. The number of nitrogens with two attached hydrogens (primary N) is 1. The summed E-state index contributed by atoms with van der Waals surface area (Å²) in [5.74, 6) is 0.206. The standard InChI is InChI=1S/C7H14N2O/c1-6(10)5-9-4-2-3-7(9)8/h7H,2-5,8H2,1H3. The Kier molecular flexibility index (Phi) is 2.40. The summed E-state index contributed by atoms with van der Waals surface area (Å²) >= 11 is 0. The number of likely N-dealkylation sites (tertiary alicyclic amines) is 1. The third-order valence-electron chi connectivity index (χ3n) is 1.84. The molecule has 1 aliphatic rings. The van der Waals surface area contributed by atoms with Crippen molar-refractivity contribution in [1.29, 1.82) is 0 Å². The van der Waals surface area contributed by atoms with Crippen molar-refractivity contribution in [2.45, 2.75) is 25.9 Å². The summed E-state index contributed by atoms with van der Waals surface area (Å²) in [6.45, 7) is 3.12. The first-order valence-corrected chi connectivity index (χ1v) is 3.69. The van der Waals surface area contributed by atoms with E-state index in [2.05, 4.69) is 0 Å². The smallest absolute Gasteiger partial charge is 0.143 e. The lowest BCUT2D eigenvalue weighted by molar-refractivity contribution is -0.118. The summed E-state index contributed by atoms with van der Waals surface area (Å²) in [4.78, 5) is 12.7. The Morgan fingerprint density at radius 1 is 1.80 bits per heavy atom. The lowest BCUT2D eigenvalue weighted by atomic mass is 10.3. The van der Waals surface area contributed by atoms with Crippen LogP contribution >= 0.6 is 0 Å². The van der Waals surface area contributed by atoms with E-state index in [1.165, 1.54) is 0 Å². The Labute approximate surface area is 61.2 Å². The van der Waals surface area contributed by atoms with Crippen LogP contribution in [0.3, 0.4) is 0 Å². The van der Waals surface area contributed by atoms with Crippen molar-refractivity contribution in [3.63, 3.8) is 0 Å². The molecule has 1 heterocycles. The van der Waals surface area contributed by atoms with E-state index >= 15 is 0 Å². The van der Waals surface area contributed by atoms with Gasteiger partial charge in [0.15, 0.2) is 0 Å². The molecule has 0 spiro atoms. The van der Waals surface area contributed by atoms with E-state index in [1.54, 1.807) is 6.92 Å². The number of carbonyl (C=O) groups excluding carboxylic acids is 1. The Hall–Kier alpha value is -0.410. The van der Waals surface area contributed by atoms with Gasteiger partial charge in [-0.05, 0) is 19.8 Å². The molecular formula is C7H14N2O. The summed E-state index contributed by atoms with van der Waals surface area (Å²) in [5.41, 5.74) is 5.70. The number of rotatable bonds is 2. The van der Waals surface area contributed by atoms with Gasteiger partial charge in [-0.25, -0.2) is 0 Å². The van der Waals surface area contributed by atoms with Crippen LogP contribution in [-0.2, 0) is 4.79 Å². The molecule has 0 radical (unpaired) electrons. The molecule has 1 rings (SSSR count). The number of nitrogens with zero attached hydrogens (tertiary/aromatic N) is 1. The molecule has 0 aliphatic carbocycles. The van der Waals surface area contributed by atoms with Crippen molar-refractivity contribution < 1.29 is 4.79 Å². The normalized spacial score (nSPS) is 27.2. The zero-order valence-electron chi connectivity index (χ0n) is 6.34. The molecule has 1 saturated heterocycles. The van der Waals surface area contributed by atoms with E-state index in [4.69, 9.17) is 5.73 Å². The van der Waals surface area contributed by atoms with Gasteiger partial charge >= 0.3 is 0 Å². The van der Waals surface area contributed by atoms with Gasteiger partial charge in [0.2, 0.25) is 0 Å². The summed E-state index contributed by atoms with van der Waals surface area (Å²) in [6.07, 6.45) is 2.30. The Balaban J connectivity index is 2.33. The SMILES string of the molecule is CC(=O)CN1CCCC1N. The molecule has 0 bridgehead atoms. The molecule has 1 aliphatic heterocycles. The van der Waals surface area contributed by atoms with Crippen molar-refractivity contribution in [3.8, 4) is 0 Å². The van der Waals surface area contributed by atoms with Crippen molar-refractivity contribution in [1.82, 2.24) is 4.90 Å². The van der Waals surface area contributed by atoms with E-state index < -0.39 is 0 Å². The van der Waals surface area contributed by atoms with Gasteiger partial charge in [-0.3, -0.25) is 9.69 Å². The third-order valence-corrected chi connectivity index (χ3v) is 1.84. The highest BCUT2D eigenvalue weighted by Crippen LogP contribution is 2.11. The number of ketones is 1. The van der Waals surface area contributed by atoms with Crippen LogP contribution in [0.1, 0.15) is 19.8 Å². The molecule has 1 fully saturated rings. The third kappa shape index (κ3) is 1.78. The maximum atomic E-state index is 10.6. The van der Waals surface area contributed by atoms with Crippen LogP contribution in [0, 0.1) is 0 Å². The van der Waals surface area contributed by atoms with Gasteiger partial charge in [0.25, 0.3) is 0 Å². The summed E-state index contributed by atoms with van der Waals surface area (Å²) in [6, 6.07) is 0. The lowest BCUT2D eigenvalue weighted by Gasteiger charge is -2.18. The Morgan fingerprint density at radius 2 is 2.50 bits per heavy atom. The zero-order valence-corrected chi connectivity index (χ0v) is 6.34. The van der Waals surface area contributed by atoms with Crippen LogP contribution in [0.2, 0.25) is 0 Å². The van der Waals surface area contributed by atoms with Crippen LogP contribution in [0.25, 0.3) is 0 Å². The topological polar surface area (TPSA) is 46.3 Å². The van der Waals surface area contributed by atoms with Crippen LogP contribution < -0.4 is 5.73 Å². The predicted octanol–water partition coefficient (Wildman–Crippen LogP) is -0.0440. The Bertz CT molecular complexity index is 136. The highest BCUT2D eigenvalue weighted by Gasteiger charge is 2.20. The van der Waals surface area contributed by atoms with Crippen molar-refractivity contribution in [2.75, 3.05) is 13.1 Å². The summed E-state index contributed by atoms with van der Waals surface area (Å²) < 4.78 is 0. The van der Waals surface area contributed by atoms with E-state index in [-0.39, 0.29) is 11.9 Å². The fraction of sp³-hybridized carbons (Fsp3) is 0.857. The highest BCUT2D eigenvalue weighted by molar-refractivity contribution is 5.77. The van der Waals surface area contributed by atoms with E-state index in [1.807, 2.05) is 4.90 Å². The van der Waals surface area contributed by atoms with E-state index in [9.17, 15) is 4.79 Å². The first-order chi connectivity index (χ1) is 4.70. The second-order valence-corrected chi connectivity index (χ2v) is 2.88. The summed E-state index contributed by atoms with van der Waals surface area (Å²) in [7, 11) is 0. The van der Waals surface area contributed by atoms with E-state index in [0.29, 0.717) is 6.54 Å². The molecule has 0 aromatic rings. The van der Waals surface area contributed by atoms with Gasteiger partial charge in [-0.1, -0.05) is 0 Å². The molecule has 10 heavy (non-hydrogen) atoms. The minimum absolute atomic E-state index is 0.129. The fourth-order valence-electron chi connectivity index (χ4n) is 1.33. The van der Waals surface area contributed by atoms with Gasteiger partial charge in [0.1, 0.15) is 5.78 Å². The zero-order chi connectivity index (χ0) is 7.56. The molecule has 1 atom stereocenters. The molecule has 3 heteroatoms. The number of hydrogen-bond donors (Lipinski definition) is 1. The van der Waals surface area contributed by atoms with Crippen LogP contribution in [0.5, 0.6) is 0 Å². The monoisotopic (exact) mass is 142 g/mol. The van der Waals surface area contributed by atoms with Gasteiger partial charge in [0, 0.05) is 6.54 Å². The minimum atomic E-state index is 0.129. The Morgan fingerprint density at radius 3 is 2.90 bits per heavy atom. The number of hydrogen-bond acceptors (Lipinski definition) is 3. The lowest BCUT2D eigenvalue weighted by Crippen LogP contribution is -2.39. The van der Waals surface area contributed by atoms with Gasteiger partial charge in [-0.15, -0.1) is 0 Å². The average molecular weight is 142 g/mol. The van der Waals surface area contributed by atoms with Crippen molar-refractivity contribution in [2.24, 2.45) is 5.73 Å². The van der Waals surface area contributed by atoms with Gasteiger partial charge in [0.05, 0.1) is 12.7 Å². The first kappa shape index (κ1) is 7.69. The van der Waals surface area contributed by atoms with E-state index in [0.717, 1.165) is 19.4 Å². The molecule has 3 nitrogen and oxygen atoms in total. The van der Waals surface area contributed by atoms with Crippen LogP contribution in [0.15, 0.2) is 0 Å². The average Bonchev–Trinajstić information content (AvgIpc) is 2.15. The summed E-state index contributed by atoms with van der Waals surface area (Å²) in [5, 5.41) is 0. The highest BCUT2D eigenvalue weighted by atomic mass is 16.1. The number of carbonyl (C=O) groups is 1. The van der Waals surface area contributed by atoms with Crippen LogP contribution in [-0.4, -0.2) is 29.9 Å². The second-order valence-electron chi connectivity index (χ2n) is 2.88. The van der Waals surface area contributed by atoms with Crippen molar-refractivity contribution in [3.05, 3.63) is 0 Å². The van der Waals surface area contributed by atoms with Gasteiger partial charge in [-0.2, -0.15) is 0 Å². The number of Topliss-reactive ketones (excluding diaryl/α,β-unsaturated/α-hetero) is 1. The largest absolute Gasteiger partial charge is 0.316 e. The molecule has 58 valence electrons. The van der Waals surface area contributed by atoms with Crippen LogP contribution in [0.4, 0.5) is 0 Å². The molecule has 0 aromatic heterocycles. The molecule has 0 aromatic carbocycles. The second kappa shape index (κ2) is 3.12. The quantitative estimate of drug-likeness (QED) is 0.588. The first-order valence-electron chi connectivity index (χ1n) is 3.69. The molecular weight excluding hydrogens is 128 g/mol. The minimum Gasteiger partial charge on any atom is -0.316 e. The van der Waals surface area contributed by atoms with Gasteiger partial charge < -0.3 is 5.73 Å². The predicted molar refractivity (Wildman–Crippen MR) is 39.5 cm³/mol. The van der Waals surface area contributed by atoms with Crippen molar-refractivity contribution >= 4 is 5.78 Å². The molecule has 0 saturated carbocycles. The fourth-order valence-corrected chi connectivity index (χ4v) is 1.33. The molecule has 1 unspecified atom stereocenters. The molecule has 0 amide bonds. The maximum Gasteiger partial charge on any atom is 0.143 e.